The Morgan fingerprint density at radius 2 is 2.00 bits per heavy atom. The third kappa shape index (κ3) is 3.07. The van der Waals surface area contributed by atoms with Gasteiger partial charge in [0.2, 0.25) is 5.88 Å². The Hall–Kier alpha value is -1.69. The Kier molecular flexibility index (Phi) is 4.89. The van der Waals surface area contributed by atoms with Crippen LogP contribution in [0.15, 0.2) is 0 Å². The standard InChI is InChI=1S/C14H22N4O2/c1-3-10-11(4-2)17-18-14(12(10)13(15)16)20-9-5-7-19-8-6-9/h9H,3-8H2,1-2H3,(H3,15,16). The summed E-state index contributed by atoms with van der Waals surface area (Å²) in [6, 6.07) is 0. The highest BCUT2D eigenvalue weighted by molar-refractivity contribution is 5.98. The first-order valence-electron chi connectivity index (χ1n) is 7.14. The molecule has 6 nitrogen and oxygen atoms in total. The molecular formula is C14H22N4O2. The summed E-state index contributed by atoms with van der Waals surface area (Å²) in [7, 11) is 0. The Morgan fingerprint density at radius 1 is 1.30 bits per heavy atom. The third-order valence-electron chi connectivity index (χ3n) is 3.53. The van der Waals surface area contributed by atoms with E-state index in [-0.39, 0.29) is 11.9 Å². The molecule has 0 amide bonds. The minimum atomic E-state index is -0.00601. The molecule has 1 aliphatic rings. The molecule has 1 aromatic heterocycles. The van der Waals surface area contributed by atoms with Crippen molar-refractivity contribution in [3.63, 3.8) is 0 Å². The fraction of sp³-hybridized carbons (Fsp3) is 0.643. The first-order chi connectivity index (χ1) is 9.67. The molecule has 0 spiro atoms. The van der Waals surface area contributed by atoms with Gasteiger partial charge in [0.25, 0.3) is 0 Å². The fourth-order valence-electron chi connectivity index (χ4n) is 2.47. The SMILES string of the molecule is CCc1nnc(OC2CCOCC2)c(C(=N)N)c1CC. The van der Waals surface area contributed by atoms with E-state index >= 15 is 0 Å². The predicted octanol–water partition coefficient (Wildman–Crippen LogP) is 1.44. The van der Waals surface area contributed by atoms with Gasteiger partial charge in [-0.1, -0.05) is 13.8 Å². The van der Waals surface area contributed by atoms with Gasteiger partial charge in [-0.3, -0.25) is 5.41 Å². The third-order valence-corrected chi connectivity index (χ3v) is 3.53. The molecule has 1 aromatic rings. The van der Waals surface area contributed by atoms with E-state index in [2.05, 4.69) is 10.2 Å². The molecule has 0 saturated carbocycles. The van der Waals surface area contributed by atoms with Crippen LogP contribution < -0.4 is 10.5 Å². The number of aryl methyl sites for hydroxylation is 1. The van der Waals surface area contributed by atoms with E-state index in [0.29, 0.717) is 24.7 Å². The normalized spacial score (nSPS) is 16.1. The second-order valence-electron chi connectivity index (χ2n) is 4.86. The highest BCUT2D eigenvalue weighted by Gasteiger charge is 2.22. The lowest BCUT2D eigenvalue weighted by molar-refractivity contribution is 0.0232. The van der Waals surface area contributed by atoms with Crippen molar-refractivity contribution in [2.24, 2.45) is 5.73 Å². The highest BCUT2D eigenvalue weighted by atomic mass is 16.5. The average molecular weight is 278 g/mol. The number of nitrogens with zero attached hydrogens (tertiary/aromatic N) is 2. The van der Waals surface area contributed by atoms with Gasteiger partial charge >= 0.3 is 0 Å². The lowest BCUT2D eigenvalue weighted by Gasteiger charge is -2.24. The maximum absolute atomic E-state index is 7.81. The van der Waals surface area contributed by atoms with Gasteiger partial charge in [-0.25, -0.2) is 0 Å². The first kappa shape index (κ1) is 14.7. The summed E-state index contributed by atoms with van der Waals surface area (Å²) < 4.78 is 11.2. The molecule has 20 heavy (non-hydrogen) atoms. The van der Waals surface area contributed by atoms with Gasteiger partial charge in [0.05, 0.1) is 24.5 Å². The zero-order chi connectivity index (χ0) is 14.5. The van der Waals surface area contributed by atoms with E-state index in [1.54, 1.807) is 0 Å². The largest absolute Gasteiger partial charge is 0.473 e. The molecule has 0 unspecified atom stereocenters. The number of nitrogen functional groups attached to an aromatic ring is 1. The molecule has 1 aliphatic heterocycles. The van der Waals surface area contributed by atoms with Gasteiger partial charge in [-0.15, -0.1) is 5.10 Å². The van der Waals surface area contributed by atoms with Crippen molar-refractivity contribution in [1.82, 2.24) is 10.2 Å². The van der Waals surface area contributed by atoms with Crippen molar-refractivity contribution in [1.29, 1.82) is 5.41 Å². The fourth-order valence-corrected chi connectivity index (χ4v) is 2.47. The van der Waals surface area contributed by atoms with Crippen LogP contribution in [0, 0.1) is 5.41 Å². The summed E-state index contributed by atoms with van der Waals surface area (Å²) in [5, 5.41) is 16.2. The predicted molar refractivity (Wildman–Crippen MR) is 76.3 cm³/mol. The zero-order valence-electron chi connectivity index (χ0n) is 12.1. The molecule has 0 aliphatic carbocycles. The van der Waals surface area contributed by atoms with Crippen LogP contribution in [0.4, 0.5) is 0 Å². The molecule has 1 saturated heterocycles. The van der Waals surface area contributed by atoms with Gasteiger partial charge in [-0.2, -0.15) is 5.10 Å². The Morgan fingerprint density at radius 3 is 2.55 bits per heavy atom. The minimum Gasteiger partial charge on any atom is -0.473 e. The maximum atomic E-state index is 7.81. The number of hydrogen-bond acceptors (Lipinski definition) is 5. The zero-order valence-corrected chi connectivity index (χ0v) is 12.1. The quantitative estimate of drug-likeness (QED) is 0.628. The van der Waals surface area contributed by atoms with Crippen LogP contribution in [0.5, 0.6) is 5.88 Å². The Labute approximate surface area is 119 Å². The smallest absolute Gasteiger partial charge is 0.245 e. The van der Waals surface area contributed by atoms with E-state index in [4.69, 9.17) is 20.6 Å². The van der Waals surface area contributed by atoms with Crippen molar-refractivity contribution in [3.8, 4) is 5.88 Å². The number of hydrogen-bond donors (Lipinski definition) is 2. The highest BCUT2D eigenvalue weighted by Crippen LogP contribution is 2.25. The summed E-state index contributed by atoms with van der Waals surface area (Å²) >= 11 is 0. The maximum Gasteiger partial charge on any atom is 0.245 e. The number of nitrogens with two attached hydrogens (primary N) is 1. The van der Waals surface area contributed by atoms with Crippen molar-refractivity contribution in [2.45, 2.75) is 45.6 Å². The number of amidine groups is 1. The molecule has 0 aromatic carbocycles. The number of nitrogens with one attached hydrogen (secondary N) is 1. The molecule has 2 rings (SSSR count). The second kappa shape index (κ2) is 6.65. The first-order valence-corrected chi connectivity index (χ1v) is 7.14. The number of aromatic nitrogens is 2. The van der Waals surface area contributed by atoms with Crippen LogP contribution in [0.3, 0.4) is 0 Å². The van der Waals surface area contributed by atoms with E-state index in [0.717, 1.165) is 36.9 Å². The summed E-state index contributed by atoms with van der Waals surface area (Å²) in [6.07, 6.45) is 3.26. The van der Waals surface area contributed by atoms with Crippen LogP contribution in [0.1, 0.15) is 43.5 Å². The molecule has 110 valence electrons. The van der Waals surface area contributed by atoms with Crippen LogP contribution in [0.25, 0.3) is 0 Å². The number of ether oxygens (including phenoxy) is 2. The molecule has 0 radical (unpaired) electrons. The molecule has 0 bridgehead atoms. The minimum absolute atomic E-state index is 0.00601. The topological polar surface area (TPSA) is 94.1 Å². The van der Waals surface area contributed by atoms with Crippen molar-refractivity contribution >= 4 is 5.84 Å². The monoisotopic (exact) mass is 278 g/mol. The van der Waals surface area contributed by atoms with Crippen molar-refractivity contribution < 1.29 is 9.47 Å². The van der Waals surface area contributed by atoms with Crippen LogP contribution in [0.2, 0.25) is 0 Å². The van der Waals surface area contributed by atoms with Crippen molar-refractivity contribution in [3.05, 3.63) is 16.8 Å². The Balaban J connectivity index is 2.33. The second-order valence-corrected chi connectivity index (χ2v) is 4.86. The van der Waals surface area contributed by atoms with Gasteiger partial charge in [0, 0.05) is 12.8 Å². The summed E-state index contributed by atoms with van der Waals surface area (Å²) in [4.78, 5) is 0. The summed E-state index contributed by atoms with van der Waals surface area (Å²) in [5.74, 6) is 0.381. The average Bonchev–Trinajstić information content (AvgIpc) is 2.47. The molecular weight excluding hydrogens is 256 g/mol. The summed E-state index contributed by atoms with van der Waals surface area (Å²) in [5.41, 5.74) is 8.19. The van der Waals surface area contributed by atoms with Gasteiger partial charge in [0.1, 0.15) is 11.9 Å². The van der Waals surface area contributed by atoms with Crippen LogP contribution in [-0.4, -0.2) is 35.4 Å². The van der Waals surface area contributed by atoms with Gasteiger partial charge < -0.3 is 15.2 Å². The van der Waals surface area contributed by atoms with E-state index < -0.39 is 0 Å². The van der Waals surface area contributed by atoms with Crippen molar-refractivity contribution in [2.75, 3.05) is 13.2 Å². The molecule has 6 heteroatoms. The van der Waals surface area contributed by atoms with Crippen LogP contribution >= 0.6 is 0 Å². The van der Waals surface area contributed by atoms with E-state index in [1.165, 1.54) is 0 Å². The lowest BCUT2D eigenvalue weighted by Crippen LogP contribution is -2.28. The number of rotatable bonds is 5. The molecule has 0 atom stereocenters. The Bertz CT molecular complexity index is 484. The summed E-state index contributed by atoms with van der Waals surface area (Å²) in [6.45, 7) is 5.44. The molecule has 2 heterocycles. The van der Waals surface area contributed by atoms with Crippen LogP contribution in [-0.2, 0) is 17.6 Å². The van der Waals surface area contributed by atoms with Gasteiger partial charge in [-0.05, 0) is 18.4 Å². The van der Waals surface area contributed by atoms with E-state index in [1.807, 2.05) is 13.8 Å². The molecule has 1 fully saturated rings. The lowest BCUT2D eigenvalue weighted by atomic mass is 10.0. The molecule has 3 N–H and O–H groups in total. The van der Waals surface area contributed by atoms with E-state index in [9.17, 15) is 0 Å². The van der Waals surface area contributed by atoms with Gasteiger partial charge in [0.15, 0.2) is 0 Å².